The standard InChI is InChI=1S/C18H21N3O/c1-13(2)21(11-14-6-4-3-5-7-14)18-12-22-17-9-8-15(19)10-16(17)20-18/h3-10,13H,11-12,19H2,1-2H3. The highest BCUT2D eigenvalue weighted by molar-refractivity contribution is 5.89. The molecule has 0 atom stereocenters. The molecule has 1 aliphatic heterocycles. The molecule has 4 nitrogen and oxygen atoms in total. The minimum atomic E-state index is 0.338. The molecule has 0 saturated heterocycles. The predicted octanol–water partition coefficient (Wildman–Crippen LogP) is 3.60. The molecule has 0 aliphatic carbocycles. The van der Waals surface area contributed by atoms with Crippen molar-refractivity contribution in [2.45, 2.75) is 26.4 Å². The molecular weight excluding hydrogens is 274 g/mol. The number of amidine groups is 1. The van der Waals surface area contributed by atoms with E-state index in [1.165, 1.54) is 5.56 Å². The van der Waals surface area contributed by atoms with Crippen LogP contribution in [0.5, 0.6) is 5.75 Å². The molecule has 2 N–H and O–H groups in total. The van der Waals surface area contributed by atoms with Gasteiger partial charge in [-0.15, -0.1) is 0 Å². The van der Waals surface area contributed by atoms with Gasteiger partial charge < -0.3 is 15.4 Å². The lowest BCUT2D eigenvalue weighted by Gasteiger charge is -2.32. The van der Waals surface area contributed by atoms with Crippen molar-refractivity contribution in [3.63, 3.8) is 0 Å². The topological polar surface area (TPSA) is 50.8 Å². The molecule has 0 amide bonds. The molecular formula is C18H21N3O. The van der Waals surface area contributed by atoms with E-state index in [9.17, 15) is 0 Å². The molecule has 0 radical (unpaired) electrons. The lowest BCUT2D eigenvalue weighted by Crippen LogP contribution is -2.40. The summed E-state index contributed by atoms with van der Waals surface area (Å²) in [6.07, 6.45) is 0. The zero-order valence-corrected chi connectivity index (χ0v) is 13.0. The number of hydrogen-bond donors (Lipinski definition) is 1. The van der Waals surface area contributed by atoms with Crippen LogP contribution in [-0.2, 0) is 6.54 Å². The normalized spacial score (nSPS) is 13.3. The van der Waals surface area contributed by atoms with Crippen molar-refractivity contribution in [3.05, 3.63) is 54.1 Å². The number of aliphatic imine (C=N–C) groups is 1. The fourth-order valence-electron chi connectivity index (χ4n) is 2.56. The first-order chi connectivity index (χ1) is 10.6. The van der Waals surface area contributed by atoms with Crippen LogP contribution >= 0.6 is 0 Å². The Kier molecular flexibility index (Phi) is 4.00. The number of fused-ring (bicyclic) bond motifs is 1. The molecule has 0 saturated carbocycles. The Morgan fingerprint density at radius 3 is 2.68 bits per heavy atom. The summed E-state index contributed by atoms with van der Waals surface area (Å²) in [5.74, 6) is 1.73. The Morgan fingerprint density at radius 2 is 1.95 bits per heavy atom. The Hall–Kier alpha value is -2.49. The first-order valence-corrected chi connectivity index (χ1v) is 7.54. The van der Waals surface area contributed by atoms with Gasteiger partial charge in [0.15, 0.2) is 0 Å². The smallest absolute Gasteiger partial charge is 0.146 e. The highest BCUT2D eigenvalue weighted by atomic mass is 16.5. The van der Waals surface area contributed by atoms with Crippen molar-refractivity contribution in [2.75, 3.05) is 12.3 Å². The summed E-state index contributed by atoms with van der Waals surface area (Å²) >= 11 is 0. The van der Waals surface area contributed by atoms with Gasteiger partial charge in [-0.1, -0.05) is 30.3 Å². The lowest BCUT2D eigenvalue weighted by molar-refractivity contribution is 0.293. The van der Waals surface area contributed by atoms with Gasteiger partial charge in [-0.3, -0.25) is 0 Å². The van der Waals surface area contributed by atoms with Crippen LogP contribution in [-0.4, -0.2) is 23.4 Å². The van der Waals surface area contributed by atoms with Crippen LogP contribution in [0, 0.1) is 0 Å². The second-order valence-corrected chi connectivity index (χ2v) is 5.75. The minimum absolute atomic E-state index is 0.338. The van der Waals surface area contributed by atoms with Crippen LogP contribution in [0.15, 0.2) is 53.5 Å². The lowest BCUT2D eigenvalue weighted by atomic mass is 10.1. The second kappa shape index (κ2) is 6.10. The largest absolute Gasteiger partial charge is 0.483 e. The maximum atomic E-state index is 5.85. The maximum absolute atomic E-state index is 5.85. The van der Waals surface area contributed by atoms with E-state index in [1.54, 1.807) is 0 Å². The molecule has 3 rings (SSSR count). The molecule has 0 aromatic heterocycles. The van der Waals surface area contributed by atoms with E-state index in [1.807, 2.05) is 24.3 Å². The third-order valence-corrected chi connectivity index (χ3v) is 3.74. The summed E-state index contributed by atoms with van der Waals surface area (Å²) < 4.78 is 5.83. The number of nitrogen functional groups attached to an aromatic ring is 1. The molecule has 0 spiro atoms. The number of ether oxygens (including phenoxy) is 1. The van der Waals surface area contributed by atoms with Gasteiger partial charge in [-0.2, -0.15) is 0 Å². The van der Waals surface area contributed by atoms with Crippen molar-refractivity contribution in [1.82, 2.24) is 4.90 Å². The van der Waals surface area contributed by atoms with Crippen LogP contribution < -0.4 is 10.5 Å². The van der Waals surface area contributed by atoms with Gasteiger partial charge in [-0.25, -0.2) is 4.99 Å². The molecule has 1 aliphatic rings. The minimum Gasteiger partial charge on any atom is -0.483 e. The number of nitrogens with zero attached hydrogens (tertiary/aromatic N) is 2. The summed E-state index contributed by atoms with van der Waals surface area (Å²) in [7, 11) is 0. The van der Waals surface area contributed by atoms with Gasteiger partial charge in [0.25, 0.3) is 0 Å². The Bertz CT molecular complexity index is 680. The van der Waals surface area contributed by atoms with Crippen molar-refractivity contribution in [1.29, 1.82) is 0 Å². The van der Waals surface area contributed by atoms with Crippen LogP contribution in [0.2, 0.25) is 0 Å². The number of hydrogen-bond acceptors (Lipinski definition) is 4. The molecule has 0 unspecified atom stereocenters. The van der Waals surface area contributed by atoms with Gasteiger partial charge in [0.2, 0.25) is 0 Å². The van der Waals surface area contributed by atoms with E-state index >= 15 is 0 Å². The van der Waals surface area contributed by atoms with E-state index < -0.39 is 0 Å². The fourth-order valence-corrected chi connectivity index (χ4v) is 2.56. The van der Waals surface area contributed by atoms with Crippen molar-refractivity contribution < 1.29 is 4.74 Å². The summed E-state index contributed by atoms with van der Waals surface area (Å²) in [5, 5.41) is 0. The zero-order chi connectivity index (χ0) is 15.5. The van der Waals surface area contributed by atoms with Crippen molar-refractivity contribution in [2.24, 2.45) is 4.99 Å². The Morgan fingerprint density at radius 1 is 1.18 bits per heavy atom. The Balaban J connectivity index is 1.89. The van der Waals surface area contributed by atoms with Crippen LogP contribution in [0.3, 0.4) is 0 Å². The van der Waals surface area contributed by atoms with Gasteiger partial charge in [-0.05, 0) is 37.6 Å². The van der Waals surface area contributed by atoms with E-state index in [0.29, 0.717) is 18.3 Å². The molecule has 0 fully saturated rings. The third kappa shape index (κ3) is 3.06. The van der Waals surface area contributed by atoms with E-state index in [0.717, 1.165) is 23.8 Å². The van der Waals surface area contributed by atoms with Crippen LogP contribution in [0.25, 0.3) is 0 Å². The second-order valence-electron chi connectivity index (χ2n) is 5.75. The quantitative estimate of drug-likeness (QED) is 0.880. The molecule has 2 aromatic rings. The van der Waals surface area contributed by atoms with Gasteiger partial charge in [0, 0.05) is 18.3 Å². The highest BCUT2D eigenvalue weighted by Gasteiger charge is 2.21. The number of nitrogens with two attached hydrogens (primary N) is 1. The predicted molar refractivity (Wildman–Crippen MR) is 90.6 cm³/mol. The highest BCUT2D eigenvalue weighted by Crippen LogP contribution is 2.33. The van der Waals surface area contributed by atoms with Crippen LogP contribution in [0.1, 0.15) is 19.4 Å². The number of benzene rings is 2. The number of anilines is 1. The monoisotopic (exact) mass is 295 g/mol. The van der Waals surface area contributed by atoms with E-state index in [2.05, 4.69) is 43.0 Å². The van der Waals surface area contributed by atoms with Crippen LogP contribution in [0.4, 0.5) is 11.4 Å². The summed E-state index contributed by atoms with van der Waals surface area (Å²) in [4.78, 5) is 7.03. The molecule has 0 bridgehead atoms. The van der Waals surface area contributed by atoms with Crippen molar-refractivity contribution >= 4 is 17.2 Å². The van der Waals surface area contributed by atoms with E-state index in [-0.39, 0.29) is 0 Å². The molecule has 22 heavy (non-hydrogen) atoms. The van der Waals surface area contributed by atoms with Gasteiger partial charge in [0.1, 0.15) is 23.9 Å². The summed E-state index contributed by atoms with van der Waals surface area (Å²) in [5.41, 5.74) is 8.62. The van der Waals surface area contributed by atoms with Crippen molar-refractivity contribution in [3.8, 4) is 5.75 Å². The molecule has 4 heteroatoms. The zero-order valence-electron chi connectivity index (χ0n) is 13.0. The fraction of sp³-hybridized carbons (Fsp3) is 0.278. The first-order valence-electron chi connectivity index (χ1n) is 7.54. The van der Waals surface area contributed by atoms with Gasteiger partial charge in [0.05, 0.1) is 0 Å². The summed E-state index contributed by atoms with van der Waals surface area (Å²) in [6.45, 7) is 5.64. The molecule has 114 valence electrons. The maximum Gasteiger partial charge on any atom is 0.146 e. The van der Waals surface area contributed by atoms with E-state index in [4.69, 9.17) is 15.5 Å². The molecule has 2 aromatic carbocycles. The summed E-state index contributed by atoms with van der Waals surface area (Å²) in [6, 6.07) is 16.3. The average Bonchev–Trinajstić information content (AvgIpc) is 2.52. The first kappa shape index (κ1) is 14.4. The van der Waals surface area contributed by atoms with Gasteiger partial charge >= 0.3 is 0 Å². The third-order valence-electron chi connectivity index (χ3n) is 3.74. The SMILES string of the molecule is CC(C)N(Cc1ccccc1)C1=Nc2cc(N)ccc2OC1. The molecule has 1 heterocycles. The Labute approximate surface area is 131 Å². The average molecular weight is 295 g/mol. The number of rotatable bonds is 3.